The van der Waals surface area contributed by atoms with Crippen LogP contribution in [0.1, 0.15) is 36.2 Å². The monoisotopic (exact) mass is 644 g/mol. The zero-order chi connectivity index (χ0) is 32.4. The molecule has 12 nitrogen and oxygen atoms in total. The molecule has 0 spiro atoms. The second kappa shape index (κ2) is 12.5. The summed E-state index contributed by atoms with van der Waals surface area (Å²) in [6, 6.07) is 11.3. The van der Waals surface area contributed by atoms with Crippen molar-refractivity contribution in [2.24, 2.45) is 0 Å². The van der Waals surface area contributed by atoms with E-state index in [-0.39, 0.29) is 28.3 Å². The van der Waals surface area contributed by atoms with Gasteiger partial charge in [0.15, 0.2) is 0 Å². The third-order valence-corrected chi connectivity index (χ3v) is 10.1. The van der Waals surface area contributed by atoms with Gasteiger partial charge in [0.2, 0.25) is 15.6 Å². The van der Waals surface area contributed by atoms with Gasteiger partial charge in [0, 0.05) is 41.6 Å². The highest BCUT2D eigenvalue weighted by atomic mass is 32.2. The number of fused-ring (bicyclic) bond motifs is 2. The van der Waals surface area contributed by atoms with Gasteiger partial charge in [-0.1, -0.05) is 38.1 Å². The molecule has 0 aliphatic carbocycles. The third-order valence-electron chi connectivity index (χ3n) is 7.42. The molecular weight excluding hydrogens is 612 g/mol. The smallest absolute Gasteiger partial charge is 0.329 e. The Kier molecular flexibility index (Phi) is 9.30. The Balaban J connectivity index is 1.66. The van der Waals surface area contributed by atoms with Gasteiger partial charge in [0.05, 0.1) is 10.6 Å². The number of carboxylic acids is 1. The summed E-state index contributed by atoms with van der Waals surface area (Å²) in [7, 11) is -6.62. The van der Waals surface area contributed by atoms with Crippen molar-refractivity contribution in [1.29, 1.82) is 0 Å². The molecule has 2 aromatic carbocycles. The first-order valence-electron chi connectivity index (χ1n) is 13.5. The molecule has 2 aliphatic rings. The molecule has 4 rings (SSSR count). The van der Waals surface area contributed by atoms with Crippen molar-refractivity contribution in [2.45, 2.75) is 30.6 Å². The van der Waals surface area contributed by atoms with Crippen LogP contribution in [0.4, 0.5) is 11.4 Å². The van der Waals surface area contributed by atoms with Crippen LogP contribution in [0.5, 0.6) is 0 Å². The fourth-order valence-electron chi connectivity index (χ4n) is 5.20. The number of carbonyl (C=O) groups is 3. The molecule has 2 N–H and O–H groups in total. The van der Waals surface area contributed by atoms with Crippen molar-refractivity contribution in [3.05, 3.63) is 88.5 Å². The van der Waals surface area contributed by atoms with E-state index in [2.05, 4.69) is 0 Å². The number of carboxylic acid groups (broad SMARTS) is 1. The van der Waals surface area contributed by atoms with E-state index >= 15 is 0 Å². The van der Waals surface area contributed by atoms with Crippen molar-refractivity contribution < 1.29 is 45.6 Å². The molecule has 0 fully saturated rings. The zero-order valence-electron chi connectivity index (χ0n) is 24.3. The molecule has 0 radical (unpaired) electrons. The van der Waals surface area contributed by atoms with Crippen LogP contribution >= 0.6 is 0 Å². The fraction of sp³-hybridized carbons (Fsp3) is 0.300. The van der Waals surface area contributed by atoms with Crippen LogP contribution in [0.15, 0.2) is 82.3 Å². The topological polar surface area (TPSA) is 176 Å². The van der Waals surface area contributed by atoms with Crippen LogP contribution in [0.2, 0.25) is 0 Å². The zero-order valence-corrected chi connectivity index (χ0v) is 25.9. The van der Waals surface area contributed by atoms with Gasteiger partial charge >= 0.3 is 5.97 Å². The summed E-state index contributed by atoms with van der Waals surface area (Å²) in [4.78, 5) is 38.9. The maximum Gasteiger partial charge on any atom is 0.329 e. The average molecular weight is 645 g/mol. The van der Waals surface area contributed by atoms with Crippen molar-refractivity contribution in [3.8, 4) is 0 Å². The SMILES string of the molecule is CN(C(=O)COCC(=O)O)c1ccc2c(c1)C(C)(C)C(=CC=CC=C1C(=O)c3ccccc3S1(=O)=O)N2CCCS(=O)(=O)O. The second-order valence-corrected chi connectivity index (χ2v) is 14.2. The summed E-state index contributed by atoms with van der Waals surface area (Å²) >= 11 is 0. The van der Waals surface area contributed by atoms with Gasteiger partial charge in [0.25, 0.3) is 16.0 Å². The number of nitrogens with zero attached hydrogens (tertiary/aromatic N) is 2. The first-order chi connectivity index (χ1) is 20.6. The Labute approximate surface area is 255 Å². The molecule has 44 heavy (non-hydrogen) atoms. The number of amides is 1. The molecule has 0 saturated carbocycles. The number of carbonyl (C=O) groups excluding carboxylic acids is 2. The Morgan fingerprint density at radius 1 is 1.07 bits per heavy atom. The number of Topliss-reactive ketones (excluding diaryl/α,β-unsaturated/α-hetero) is 1. The van der Waals surface area contributed by atoms with E-state index in [9.17, 15) is 35.8 Å². The summed E-state index contributed by atoms with van der Waals surface area (Å²) in [5.74, 6) is -2.70. The van der Waals surface area contributed by atoms with Gasteiger partial charge in [-0.05, 0) is 54.5 Å². The number of hydrogen-bond donors (Lipinski definition) is 2. The summed E-state index contributed by atoms with van der Waals surface area (Å²) in [6.07, 6.45) is 6.13. The lowest BCUT2D eigenvalue weighted by Crippen LogP contribution is -2.31. The minimum absolute atomic E-state index is 0.0342. The first-order valence-corrected chi connectivity index (χ1v) is 16.6. The number of benzene rings is 2. The maximum absolute atomic E-state index is 12.9. The van der Waals surface area contributed by atoms with E-state index in [4.69, 9.17) is 9.84 Å². The van der Waals surface area contributed by atoms with Crippen LogP contribution in [-0.2, 0) is 39.7 Å². The quantitative estimate of drug-likeness (QED) is 0.272. The molecule has 2 aliphatic heterocycles. The highest BCUT2D eigenvalue weighted by Crippen LogP contribution is 2.49. The highest BCUT2D eigenvalue weighted by Gasteiger charge is 2.41. The van der Waals surface area contributed by atoms with E-state index in [0.717, 1.165) is 16.9 Å². The lowest BCUT2D eigenvalue weighted by Gasteiger charge is -2.27. The number of allylic oxidation sites excluding steroid dienone is 6. The van der Waals surface area contributed by atoms with Crippen molar-refractivity contribution in [1.82, 2.24) is 0 Å². The van der Waals surface area contributed by atoms with E-state index in [0.29, 0.717) is 5.69 Å². The van der Waals surface area contributed by atoms with Crippen molar-refractivity contribution in [2.75, 3.05) is 42.4 Å². The van der Waals surface area contributed by atoms with Crippen LogP contribution in [0.3, 0.4) is 0 Å². The Bertz CT molecular complexity index is 1820. The van der Waals surface area contributed by atoms with E-state index in [1.807, 2.05) is 18.7 Å². The third kappa shape index (κ3) is 6.68. The van der Waals surface area contributed by atoms with E-state index < -0.39 is 62.0 Å². The number of likely N-dealkylation sites (N-methyl/N-ethyl adjacent to an activating group) is 1. The van der Waals surface area contributed by atoms with Gasteiger partial charge in [-0.15, -0.1) is 0 Å². The molecule has 2 aromatic rings. The Morgan fingerprint density at radius 2 is 1.75 bits per heavy atom. The molecule has 0 saturated heterocycles. The maximum atomic E-state index is 12.9. The summed E-state index contributed by atoms with van der Waals surface area (Å²) in [6.45, 7) is 3.03. The van der Waals surface area contributed by atoms with Crippen molar-refractivity contribution >= 4 is 49.0 Å². The highest BCUT2D eigenvalue weighted by molar-refractivity contribution is 7.97. The molecule has 14 heteroatoms. The second-order valence-electron chi connectivity index (χ2n) is 10.8. The van der Waals surface area contributed by atoms with Gasteiger partial charge < -0.3 is 19.6 Å². The average Bonchev–Trinajstić information content (AvgIpc) is 3.27. The molecule has 0 bridgehead atoms. The molecule has 0 unspecified atom stereocenters. The Morgan fingerprint density at radius 3 is 2.41 bits per heavy atom. The number of sulfone groups is 1. The van der Waals surface area contributed by atoms with Gasteiger partial charge in [-0.2, -0.15) is 8.42 Å². The fourth-order valence-corrected chi connectivity index (χ4v) is 7.25. The molecule has 2 heterocycles. The molecule has 0 aromatic heterocycles. The van der Waals surface area contributed by atoms with Crippen LogP contribution < -0.4 is 9.80 Å². The van der Waals surface area contributed by atoms with E-state index in [1.165, 1.54) is 36.2 Å². The molecule has 1 amide bonds. The number of aliphatic carboxylic acids is 1. The standard InChI is InChI=1S/C30H32N2O10S2/c1-30(2)22-17-20(31(3)27(33)18-42-19-28(34)35)13-14-23(22)32(15-8-16-43(37,38)39)26(30)12-7-6-11-25-29(36)21-9-4-5-10-24(21)44(25,40)41/h4-7,9-14,17H,8,15-16,18-19H2,1-3H3,(H,34,35)(H,37,38,39). The largest absolute Gasteiger partial charge is 0.480 e. The minimum atomic E-state index is -4.20. The number of hydrogen-bond acceptors (Lipinski definition) is 9. The lowest BCUT2D eigenvalue weighted by molar-refractivity contribution is -0.143. The van der Waals surface area contributed by atoms with Gasteiger partial charge in [0.1, 0.15) is 18.1 Å². The van der Waals surface area contributed by atoms with E-state index in [1.54, 1.807) is 42.5 Å². The summed E-state index contributed by atoms with van der Waals surface area (Å²) in [5, 5.41) is 8.75. The number of ketones is 1. The number of ether oxygens (including phenoxy) is 1. The summed E-state index contributed by atoms with van der Waals surface area (Å²) in [5.41, 5.74) is 2.21. The Hall–Kier alpha value is -4.11. The summed E-state index contributed by atoms with van der Waals surface area (Å²) < 4.78 is 62.8. The molecular formula is C30H32N2O10S2. The molecule has 0 atom stereocenters. The van der Waals surface area contributed by atoms with Crippen LogP contribution in [-0.4, -0.2) is 76.7 Å². The van der Waals surface area contributed by atoms with Crippen molar-refractivity contribution in [3.63, 3.8) is 0 Å². The predicted molar refractivity (Wildman–Crippen MR) is 163 cm³/mol. The van der Waals surface area contributed by atoms with Gasteiger partial charge in [-0.3, -0.25) is 14.1 Å². The number of rotatable bonds is 11. The number of anilines is 2. The first kappa shape index (κ1) is 32.8. The minimum Gasteiger partial charge on any atom is -0.480 e. The molecule has 234 valence electrons. The van der Waals surface area contributed by atoms with Gasteiger partial charge in [-0.25, -0.2) is 13.2 Å². The predicted octanol–water partition coefficient (Wildman–Crippen LogP) is 3.12. The van der Waals surface area contributed by atoms with Crippen LogP contribution in [0, 0.1) is 0 Å². The normalized spacial score (nSPS) is 18.6. The lowest BCUT2D eigenvalue weighted by atomic mass is 9.83. The van der Waals surface area contributed by atoms with Crippen LogP contribution in [0.25, 0.3) is 0 Å².